The van der Waals surface area contributed by atoms with Crippen LogP contribution in [-0.4, -0.2) is 59.8 Å². The smallest absolute Gasteiger partial charge is 0.250 e. The number of hydrogen-bond acceptors (Lipinski definition) is 6. The Kier molecular flexibility index (Phi) is 4.79. The van der Waals surface area contributed by atoms with E-state index in [0.29, 0.717) is 18.6 Å². The lowest BCUT2D eigenvalue weighted by atomic mass is 9.94. The van der Waals surface area contributed by atoms with Crippen LogP contribution in [0.1, 0.15) is 22.7 Å². The number of amides is 3. The van der Waals surface area contributed by atoms with Crippen LogP contribution < -0.4 is 4.72 Å². The number of aryl methyl sites for hydroxylation is 1. The van der Waals surface area contributed by atoms with Crippen LogP contribution in [0.4, 0.5) is 9.18 Å². The third kappa shape index (κ3) is 3.58. The number of alkyl halides is 1. The van der Waals surface area contributed by atoms with Crippen LogP contribution in [0.5, 0.6) is 0 Å². The molecule has 1 aromatic rings. The van der Waals surface area contributed by atoms with E-state index >= 15 is 0 Å². The topological polar surface area (TPSA) is 99.5 Å². The minimum Gasteiger partial charge on any atom is -0.250 e. The zero-order valence-corrected chi connectivity index (χ0v) is 17.5. The molecule has 1 aromatic heterocycles. The predicted molar refractivity (Wildman–Crippen MR) is 105 cm³/mol. The van der Waals surface area contributed by atoms with Gasteiger partial charge in [-0.1, -0.05) is 0 Å². The number of sulfonamides is 1. The molecular weight excluding hydrogens is 419 g/mol. The van der Waals surface area contributed by atoms with Crippen molar-refractivity contribution in [3.8, 4) is 0 Å². The predicted octanol–water partition coefficient (Wildman–Crippen LogP) is 1.49. The number of halogens is 1. The van der Waals surface area contributed by atoms with Crippen LogP contribution in [0, 0.1) is 12.8 Å². The lowest BCUT2D eigenvalue weighted by Gasteiger charge is -2.26. The van der Waals surface area contributed by atoms with E-state index in [-0.39, 0.29) is 11.4 Å². The summed E-state index contributed by atoms with van der Waals surface area (Å²) in [6.07, 6.45) is 6.61. The molecule has 1 fully saturated rings. The molecule has 3 aliphatic rings. The van der Waals surface area contributed by atoms with E-state index in [1.54, 1.807) is 13.2 Å². The quantitative estimate of drug-likeness (QED) is 0.677. The van der Waals surface area contributed by atoms with Gasteiger partial charge in [-0.3, -0.25) is 0 Å². The highest BCUT2D eigenvalue weighted by molar-refractivity contribution is 7.93. The van der Waals surface area contributed by atoms with Crippen LogP contribution in [0.15, 0.2) is 29.3 Å². The Morgan fingerprint density at radius 1 is 1.38 bits per heavy atom. The summed E-state index contributed by atoms with van der Waals surface area (Å²) < 4.78 is 42.3. The van der Waals surface area contributed by atoms with Gasteiger partial charge in [-0.2, -0.15) is 14.3 Å². The summed E-state index contributed by atoms with van der Waals surface area (Å²) in [6.45, 7) is 1.12. The SMILES string of the molecule is Cc1ncc(CN2C(=O)C3C=C(S(=O)(=O)NC4(CF)CC4)C=CC3=[N+](C)C2=O)s1. The molecule has 29 heavy (non-hydrogen) atoms. The molecule has 1 saturated carbocycles. The summed E-state index contributed by atoms with van der Waals surface area (Å²) in [5.41, 5.74) is -0.626. The molecule has 1 unspecified atom stereocenters. The van der Waals surface area contributed by atoms with Gasteiger partial charge < -0.3 is 0 Å². The van der Waals surface area contributed by atoms with Gasteiger partial charge in [-0.15, -0.1) is 11.3 Å². The van der Waals surface area contributed by atoms with Crippen molar-refractivity contribution >= 4 is 39.0 Å². The largest absolute Gasteiger partial charge is 0.501 e. The summed E-state index contributed by atoms with van der Waals surface area (Å²) in [4.78, 5) is 31.6. The Hall–Kier alpha value is -2.24. The van der Waals surface area contributed by atoms with Gasteiger partial charge in [0.15, 0.2) is 0 Å². The van der Waals surface area contributed by atoms with Crippen LogP contribution >= 0.6 is 11.3 Å². The number of fused-ring (bicyclic) bond motifs is 1. The van der Waals surface area contributed by atoms with Gasteiger partial charge in [0.1, 0.15) is 24.8 Å². The first-order valence-electron chi connectivity index (χ1n) is 9.03. The van der Waals surface area contributed by atoms with E-state index in [4.69, 9.17) is 0 Å². The van der Waals surface area contributed by atoms with E-state index in [1.165, 1.54) is 34.1 Å². The number of carbonyl (C=O) groups is 2. The Labute approximate surface area is 171 Å². The van der Waals surface area contributed by atoms with Gasteiger partial charge in [-0.05, 0) is 38.0 Å². The fourth-order valence-corrected chi connectivity index (χ4v) is 5.66. The molecule has 3 amide bonds. The first-order chi connectivity index (χ1) is 13.7. The average Bonchev–Trinajstić information content (AvgIpc) is 3.33. The molecule has 1 N–H and O–H groups in total. The highest BCUT2D eigenvalue weighted by Crippen LogP contribution is 2.37. The van der Waals surface area contributed by atoms with E-state index in [2.05, 4.69) is 9.71 Å². The highest BCUT2D eigenvalue weighted by atomic mass is 32.2. The molecule has 8 nitrogen and oxygen atoms in total. The Morgan fingerprint density at radius 2 is 2.10 bits per heavy atom. The Morgan fingerprint density at radius 3 is 2.69 bits per heavy atom. The van der Waals surface area contributed by atoms with Crippen molar-refractivity contribution in [1.29, 1.82) is 0 Å². The number of carbonyl (C=O) groups excluding carboxylic acids is 2. The second-order valence-corrected chi connectivity index (χ2v) is 10.4. The normalized spacial score (nSPS) is 23.3. The number of hydrogen-bond donors (Lipinski definition) is 1. The number of aromatic nitrogens is 1. The third-order valence-electron chi connectivity index (χ3n) is 5.26. The molecule has 4 rings (SSSR count). The monoisotopic (exact) mass is 439 g/mol. The highest BCUT2D eigenvalue weighted by Gasteiger charge is 2.49. The van der Waals surface area contributed by atoms with Gasteiger partial charge in [0, 0.05) is 6.20 Å². The van der Waals surface area contributed by atoms with E-state index in [0.717, 1.165) is 14.8 Å². The van der Waals surface area contributed by atoms with E-state index in [9.17, 15) is 22.4 Å². The Bertz CT molecular complexity index is 1100. The summed E-state index contributed by atoms with van der Waals surface area (Å²) >= 11 is 1.38. The maximum atomic E-state index is 13.1. The second-order valence-electron chi connectivity index (χ2n) is 7.44. The van der Waals surface area contributed by atoms with Crippen molar-refractivity contribution in [1.82, 2.24) is 14.6 Å². The molecule has 154 valence electrons. The number of nitrogens with one attached hydrogen (secondary N) is 1. The number of thiazole rings is 1. The molecule has 2 heterocycles. The lowest BCUT2D eigenvalue weighted by Crippen LogP contribution is -2.53. The number of allylic oxidation sites excluding steroid dienone is 2. The van der Waals surface area contributed by atoms with Crippen molar-refractivity contribution in [3.05, 3.63) is 39.2 Å². The van der Waals surface area contributed by atoms with E-state index < -0.39 is 40.1 Å². The van der Waals surface area contributed by atoms with Gasteiger partial charge in [0.25, 0.3) is 0 Å². The van der Waals surface area contributed by atoms with Crippen molar-refractivity contribution in [2.45, 2.75) is 31.8 Å². The summed E-state index contributed by atoms with van der Waals surface area (Å²) in [5.74, 6) is -1.42. The standard InChI is InChI=1S/C18H20FN4O4S2/c1-11-20-8-12(28-11)9-23-16(24)14-7-13(3-4-15(14)22(2)17(23)25)29(26,27)21-18(10-19)5-6-18/h3-4,7-8,14,21H,5-6,9-10H2,1-2H3/q+1. The van der Waals surface area contributed by atoms with Gasteiger partial charge in [0.05, 0.1) is 27.4 Å². The fraction of sp³-hybridized carbons (Fsp3) is 0.444. The van der Waals surface area contributed by atoms with Gasteiger partial charge in [-0.25, -0.2) is 27.3 Å². The van der Waals surface area contributed by atoms with Crippen molar-refractivity contribution < 1.29 is 27.0 Å². The lowest BCUT2D eigenvalue weighted by molar-refractivity contribution is -0.406. The Balaban J connectivity index is 1.65. The molecule has 0 radical (unpaired) electrons. The minimum atomic E-state index is -3.98. The molecule has 1 atom stereocenters. The van der Waals surface area contributed by atoms with Crippen molar-refractivity contribution in [3.63, 3.8) is 0 Å². The maximum absolute atomic E-state index is 13.1. The van der Waals surface area contributed by atoms with Gasteiger partial charge >= 0.3 is 11.9 Å². The first kappa shape index (κ1) is 20.0. The maximum Gasteiger partial charge on any atom is 0.501 e. The van der Waals surface area contributed by atoms with Crippen LogP contribution in [0.2, 0.25) is 0 Å². The zero-order valence-electron chi connectivity index (χ0n) is 15.9. The number of nitrogens with zero attached hydrogens (tertiary/aromatic N) is 3. The average molecular weight is 440 g/mol. The third-order valence-corrected chi connectivity index (χ3v) is 7.75. The van der Waals surface area contributed by atoms with Crippen molar-refractivity contribution in [2.24, 2.45) is 5.92 Å². The molecular formula is C18H20FN4O4S2+. The van der Waals surface area contributed by atoms with Crippen LogP contribution in [0.3, 0.4) is 0 Å². The van der Waals surface area contributed by atoms with Crippen LogP contribution in [-0.2, 0) is 21.4 Å². The van der Waals surface area contributed by atoms with Crippen molar-refractivity contribution in [2.75, 3.05) is 13.7 Å². The van der Waals surface area contributed by atoms with E-state index in [1.807, 2.05) is 6.92 Å². The molecule has 0 bridgehead atoms. The minimum absolute atomic E-state index is 0.0696. The fourth-order valence-electron chi connectivity index (χ4n) is 3.37. The van der Waals surface area contributed by atoms with Gasteiger partial charge in [0.2, 0.25) is 10.0 Å². The molecule has 0 aromatic carbocycles. The molecule has 0 saturated heterocycles. The van der Waals surface area contributed by atoms with Crippen LogP contribution in [0.25, 0.3) is 0 Å². The molecule has 11 heteroatoms. The second kappa shape index (κ2) is 6.92. The zero-order chi connectivity index (χ0) is 21.0. The summed E-state index contributed by atoms with van der Waals surface area (Å²) in [5, 5.41) is 0.819. The number of urea groups is 1. The number of imide groups is 1. The summed E-state index contributed by atoms with van der Waals surface area (Å²) in [7, 11) is -2.44. The molecule has 2 aliphatic carbocycles. The molecule has 0 spiro atoms. The first-order valence-corrected chi connectivity index (χ1v) is 11.3. The number of rotatable bonds is 6. The summed E-state index contributed by atoms with van der Waals surface area (Å²) in [6, 6.07) is -0.482. The molecule has 1 aliphatic heterocycles.